The van der Waals surface area contributed by atoms with Crippen LogP contribution in [0.5, 0.6) is 0 Å². The summed E-state index contributed by atoms with van der Waals surface area (Å²) in [6.07, 6.45) is 3.59. The van der Waals surface area contributed by atoms with E-state index in [4.69, 9.17) is 0 Å². The fraction of sp³-hybridized carbons (Fsp3) is 0.0909. The monoisotopic (exact) mass is 358 g/mol. The van der Waals surface area contributed by atoms with E-state index in [1.807, 2.05) is 25.1 Å². The van der Waals surface area contributed by atoms with E-state index in [-0.39, 0.29) is 0 Å². The molecule has 2 heterocycles. The minimum atomic E-state index is 0.945. The van der Waals surface area contributed by atoms with E-state index in [2.05, 4.69) is 41.8 Å². The molecule has 0 bridgehead atoms. The van der Waals surface area contributed by atoms with Crippen molar-refractivity contribution in [3.05, 3.63) is 45.1 Å². The molecule has 0 unspecified atom stereocenters. The Bertz CT molecular complexity index is 500. The van der Waals surface area contributed by atoms with Gasteiger partial charge in [0.1, 0.15) is 10.1 Å². The highest BCUT2D eigenvalue weighted by Crippen LogP contribution is 2.28. The summed E-state index contributed by atoms with van der Waals surface area (Å²) in [7, 11) is 0. The number of pyridine rings is 2. The number of hydrogen-bond acceptors (Lipinski definition) is 3. The van der Waals surface area contributed by atoms with E-state index in [1.165, 1.54) is 0 Å². The maximum atomic E-state index is 4.36. The average molecular weight is 360 g/mol. The van der Waals surface area contributed by atoms with Crippen LogP contribution in [-0.2, 0) is 0 Å². The molecular weight excluding hydrogens is 352 g/mol. The maximum Gasteiger partial charge on any atom is 0.105 e. The van der Waals surface area contributed by atoms with Crippen LogP contribution in [0.3, 0.4) is 0 Å². The van der Waals surface area contributed by atoms with E-state index in [1.54, 1.807) is 24.2 Å². The van der Waals surface area contributed by atoms with Gasteiger partial charge in [-0.1, -0.05) is 0 Å². The van der Waals surface area contributed by atoms with Crippen LogP contribution in [0.1, 0.15) is 5.56 Å². The third-order valence-electron chi connectivity index (χ3n) is 1.90. The number of nitrogens with zero attached hydrogens (tertiary/aromatic N) is 2. The summed E-state index contributed by atoms with van der Waals surface area (Å²) >= 11 is 8.33. The van der Waals surface area contributed by atoms with Crippen molar-refractivity contribution in [2.24, 2.45) is 0 Å². The molecule has 0 saturated carbocycles. The van der Waals surface area contributed by atoms with Gasteiger partial charge in [0.05, 0.1) is 0 Å². The third kappa shape index (κ3) is 3.06. The van der Waals surface area contributed by atoms with Gasteiger partial charge in [0.2, 0.25) is 0 Å². The zero-order chi connectivity index (χ0) is 11.5. The smallest absolute Gasteiger partial charge is 0.105 e. The van der Waals surface area contributed by atoms with Crippen LogP contribution in [-0.4, -0.2) is 9.97 Å². The van der Waals surface area contributed by atoms with Gasteiger partial charge in [-0.2, -0.15) is 0 Å². The molecule has 2 nitrogen and oxygen atoms in total. The Morgan fingerprint density at radius 3 is 2.44 bits per heavy atom. The number of rotatable bonds is 2. The van der Waals surface area contributed by atoms with Crippen LogP contribution >= 0.6 is 43.6 Å². The van der Waals surface area contributed by atoms with Gasteiger partial charge >= 0.3 is 0 Å². The van der Waals surface area contributed by atoms with Crippen LogP contribution in [0.4, 0.5) is 0 Å². The lowest BCUT2D eigenvalue weighted by molar-refractivity contribution is 1.05. The van der Waals surface area contributed by atoms with Gasteiger partial charge in [0, 0.05) is 21.3 Å². The van der Waals surface area contributed by atoms with Gasteiger partial charge in [0.25, 0.3) is 0 Å². The van der Waals surface area contributed by atoms with Crippen LogP contribution in [0.2, 0.25) is 0 Å². The van der Waals surface area contributed by atoms with Crippen molar-refractivity contribution in [2.45, 2.75) is 17.0 Å². The first-order valence-corrected chi connectivity index (χ1v) is 6.97. The van der Waals surface area contributed by atoms with Crippen LogP contribution < -0.4 is 0 Å². The van der Waals surface area contributed by atoms with Crippen molar-refractivity contribution in [3.63, 3.8) is 0 Å². The first-order chi connectivity index (χ1) is 7.65. The molecule has 0 aromatic carbocycles. The minimum Gasteiger partial charge on any atom is -0.248 e. The van der Waals surface area contributed by atoms with Crippen LogP contribution in [0.15, 0.2) is 49.6 Å². The third-order valence-corrected chi connectivity index (χ3v) is 3.87. The SMILES string of the molecule is Cc1cc(Br)cnc1Sc1ccc(Br)cn1. The lowest BCUT2D eigenvalue weighted by Gasteiger charge is -2.04. The predicted octanol–water partition coefficient (Wildman–Crippen LogP) is 4.46. The fourth-order valence-corrected chi connectivity index (χ4v) is 2.60. The number of hydrogen-bond donors (Lipinski definition) is 0. The summed E-state index contributed by atoms with van der Waals surface area (Å²) in [4.78, 5) is 8.66. The molecule has 0 N–H and O–H groups in total. The fourth-order valence-electron chi connectivity index (χ4n) is 1.16. The molecule has 0 fully saturated rings. The van der Waals surface area contributed by atoms with E-state index in [9.17, 15) is 0 Å². The molecular formula is C11H8Br2N2S. The van der Waals surface area contributed by atoms with Crippen molar-refractivity contribution in [3.8, 4) is 0 Å². The summed E-state index contributed by atoms with van der Waals surface area (Å²) < 4.78 is 1.98. The second-order valence-electron chi connectivity index (χ2n) is 3.19. The number of aryl methyl sites for hydroxylation is 1. The summed E-state index contributed by atoms with van der Waals surface area (Å²) in [6.45, 7) is 2.04. The molecule has 0 spiro atoms. The number of halogens is 2. The summed E-state index contributed by atoms with van der Waals surface area (Å²) in [5.41, 5.74) is 1.14. The Morgan fingerprint density at radius 2 is 1.81 bits per heavy atom. The highest BCUT2D eigenvalue weighted by molar-refractivity contribution is 9.10. The lowest BCUT2D eigenvalue weighted by Crippen LogP contribution is -1.86. The molecule has 0 radical (unpaired) electrons. The van der Waals surface area contributed by atoms with Crippen molar-refractivity contribution >= 4 is 43.6 Å². The van der Waals surface area contributed by atoms with Crippen molar-refractivity contribution in [1.82, 2.24) is 9.97 Å². The summed E-state index contributed by atoms with van der Waals surface area (Å²) in [5, 5.41) is 1.93. The normalized spacial score (nSPS) is 10.4. The van der Waals surface area contributed by atoms with Gasteiger partial charge < -0.3 is 0 Å². The molecule has 5 heteroatoms. The topological polar surface area (TPSA) is 25.8 Å². The quantitative estimate of drug-likeness (QED) is 0.791. The molecule has 0 saturated heterocycles. The molecule has 2 rings (SSSR count). The highest BCUT2D eigenvalue weighted by Gasteiger charge is 2.04. The van der Waals surface area contributed by atoms with Crippen LogP contribution in [0, 0.1) is 6.92 Å². The molecule has 0 atom stereocenters. The summed E-state index contributed by atoms with van der Waals surface area (Å²) in [5.74, 6) is 0. The second kappa shape index (κ2) is 5.29. The molecule has 82 valence electrons. The van der Waals surface area contributed by atoms with Gasteiger partial charge in [0.15, 0.2) is 0 Å². The molecule has 0 aliphatic carbocycles. The molecule has 2 aromatic rings. The Hall–Kier alpha value is -0.390. The number of aromatic nitrogens is 2. The Kier molecular flexibility index (Phi) is 4.00. The van der Waals surface area contributed by atoms with Gasteiger partial charge in [-0.15, -0.1) is 0 Å². The van der Waals surface area contributed by atoms with Gasteiger partial charge in [-0.25, -0.2) is 9.97 Å². The molecule has 0 aliphatic rings. The zero-order valence-corrected chi connectivity index (χ0v) is 12.4. The highest BCUT2D eigenvalue weighted by atomic mass is 79.9. The zero-order valence-electron chi connectivity index (χ0n) is 8.45. The predicted molar refractivity (Wildman–Crippen MR) is 72.7 cm³/mol. The minimum absolute atomic E-state index is 0.945. The van der Waals surface area contributed by atoms with E-state index < -0.39 is 0 Å². The van der Waals surface area contributed by atoms with Crippen LogP contribution in [0.25, 0.3) is 0 Å². The second-order valence-corrected chi connectivity index (χ2v) is 6.03. The molecule has 2 aromatic heterocycles. The molecule has 0 aliphatic heterocycles. The Morgan fingerprint density at radius 1 is 1.06 bits per heavy atom. The first kappa shape index (κ1) is 12.1. The molecule has 0 amide bonds. The average Bonchev–Trinajstić information content (AvgIpc) is 2.25. The standard InChI is InChI=1S/C11H8Br2N2S/c1-7-4-9(13)6-15-11(7)16-10-3-2-8(12)5-14-10/h2-6H,1H3. The van der Waals surface area contributed by atoms with Crippen molar-refractivity contribution < 1.29 is 0 Å². The maximum absolute atomic E-state index is 4.36. The largest absolute Gasteiger partial charge is 0.248 e. The first-order valence-electron chi connectivity index (χ1n) is 4.57. The van der Waals surface area contributed by atoms with E-state index in [0.717, 1.165) is 24.6 Å². The molecule has 16 heavy (non-hydrogen) atoms. The van der Waals surface area contributed by atoms with Crippen molar-refractivity contribution in [1.29, 1.82) is 0 Å². The summed E-state index contributed by atoms with van der Waals surface area (Å²) in [6, 6.07) is 6.00. The van der Waals surface area contributed by atoms with Gasteiger partial charge in [-0.3, -0.25) is 0 Å². The van der Waals surface area contributed by atoms with E-state index >= 15 is 0 Å². The Balaban J connectivity index is 2.23. The van der Waals surface area contributed by atoms with E-state index in [0.29, 0.717) is 0 Å². The Labute approximate surface area is 115 Å². The van der Waals surface area contributed by atoms with Crippen molar-refractivity contribution in [2.75, 3.05) is 0 Å². The van der Waals surface area contributed by atoms with Gasteiger partial charge in [-0.05, 0) is 74.3 Å². The lowest BCUT2D eigenvalue weighted by atomic mass is 10.3.